The van der Waals surface area contributed by atoms with Crippen molar-refractivity contribution in [2.45, 2.75) is 0 Å². The molecule has 6 heterocycles. The van der Waals surface area contributed by atoms with Gasteiger partial charge in [-0.15, -0.1) is 11.3 Å². The Kier molecular flexibility index (Phi) is 5.85. The van der Waals surface area contributed by atoms with Gasteiger partial charge in [-0.2, -0.15) is 4.98 Å². The van der Waals surface area contributed by atoms with Crippen LogP contribution in [0.15, 0.2) is 176 Å². The van der Waals surface area contributed by atoms with Crippen LogP contribution in [-0.2, 0) is 0 Å². The molecule has 0 aliphatic carbocycles. The van der Waals surface area contributed by atoms with Crippen molar-refractivity contribution in [1.29, 1.82) is 0 Å². The molecule has 14 rings (SSSR count). The van der Waals surface area contributed by atoms with E-state index < -0.39 is 0 Å². The molecule has 14 aromatic rings. The Labute approximate surface area is 334 Å². The molecule has 0 radical (unpaired) electrons. The molecule has 6 heteroatoms. The lowest BCUT2D eigenvalue weighted by atomic mass is 10.0. The van der Waals surface area contributed by atoms with E-state index in [1.165, 1.54) is 80.9 Å². The Morgan fingerprint density at radius 1 is 0.362 bits per heavy atom. The summed E-state index contributed by atoms with van der Waals surface area (Å²) in [6, 6.07) is 63.7. The summed E-state index contributed by atoms with van der Waals surface area (Å²) in [6.45, 7) is 0. The highest BCUT2D eigenvalue weighted by Gasteiger charge is 2.27. The molecule has 0 unspecified atom stereocenters. The minimum atomic E-state index is 0.662. The molecular formula is C52H29N5S. The molecular weight excluding hydrogens is 727 g/mol. The first-order chi connectivity index (χ1) is 28.8. The predicted molar refractivity (Wildman–Crippen MR) is 244 cm³/mol. The first kappa shape index (κ1) is 30.7. The zero-order chi connectivity index (χ0) is 37.6. The van der Waals surface area contributed by atoms with Gasteiger partial charge in [0, 0.05) is 53.2 Å². The predicted octanol–water partition coefficient (Wildman–Crippen LogP) is 13.9. The molecule has 0 aliphatic rings. The summed E-state index contributed by atoms with van der Waals surface area (Å²) in [7, 11) is 0. The zero-order valence-electron chi connectivity index (χ0n) is 30.9. The van der Waals surface area contributed by atoms with Crippen molar-refractivity contribution in [2.75, 3.05) is 0 Å². The number of aromatic nitrogens is 5. The van der Waals surface area contributed by atoms with E-state index in [9.17, 15) is 0 Å². The van der Waals surface area contributed by atoms with Gasteiger partial charge < -0.3 is 4.40 Å². The van der Waals surface area contributed by atoms with Gasteiger partial charge in [-0.3, -0.25) is 9.13 Å². The van der Waals surface area contributed by atoms with Gasteiger partial charge in [0.15, 0.2) is 5.82 Å². The lowest BCUT2D eigenvalue weighted by Gasteiger charge is -2.13. The highest BCUT2D eigenvalue weighted by molar-refractivity contribution is 7.25. The Balaban J connectivity index is 1.16. The molecule has 0 amide bonds. The van der Waals surface area contributed by atoms with E-state index in [0.717, 1.165) is 38.1 Å². The molecule has 0 atom stereocenters. The van der Waals surface area contributed by atoms with Crippen LogP contribution in [0.5, 0.6) is 0 Å². The third kappa shape index (κ3) is 3.85. The van der Waals surface area contributed by atoms with Crippen LogP contribution >= 0.6 is 11.3 Å². The molecule has 0 aliphatic heterocycles. The maximum Gasteiger partial charge on any atom is 0.238 e. The first-order valence-electron chi connectivity index (χ1n) is 19.7. The fourth-order valence-electron chi connectivity index (χ4n) is 10.0. The SMILES string of the molecule is c1ccc(-c2ccc3c4cc5c(c6ccccc6n5-c5nc(-n6c7ccccc7c7ccccc76)c6c(n5)sc5ccccc56)c5c6ccccc6n(c3c2)c45)cc1. The maximum absolute atomic E-state index is 5.71. The van der Waals surface area contributed by atoms with E-state index in [1.54, 1.807) is 11.3 Å². The molecule has 0 saturated heterocycles. The van der Waals surface area contributed by atoms with Crippen molar-refractivity contribution >= 4 is 113 Å². The van der Waals surface area contributed by atoms with Crippen LogP contribution in [0.2, 0.25) is 0 Å². The molecule has 5 nitrogen and oxygen atoms in total. The molecule has 8 aromatic carbocycles. The van der Waals surface area contributed by atoms with Crippen LogP contribution in [0, 0.1) is 0 Å². The Morgan fingerprint density at radius 3 is 1.69 bits per heavy atom. The zero-order valence-corrected chi connectivity index (χ0v) is 31.7. The van der Waals surface area contributed by atoms with E-state index >= 15 is 0 Å². The number of hydrogen-bond donors (Lipinski definition) is 0. The molecule has 0 saturated carbocycles. The van der Waals surface area contributed by atoms with Gasteiger partial charge in [0.25, 0.3) is 0 Å². The number of benzene rings is 8. The summed E-state index contributed by atoms with van der Waals surface area (Å²) in [6.07, 6.45) is 0. The minimum Gasteiger partial charge on any atom is -0.308 e. The quantitative estimate of drug-likeness (QED) is 0.180. The molecule has 268 valence electrons. The number of hydrogen-bond acceptors (Lipinski definition) is 3. The van der Waals surface area contributed by atoms with E-state index in [1.807, 2.05) is 0 Å². The van der Waals surface area contributed by atoms with E-state index in [2.05, 4.69) is 189 Å². The number of fused-ring (bicyclic) bond motifs is 16. The van der Waals surface area contributed by atoms with Gasteiger partial charge in [-0.25, -0.2) is 4.98 Å². The van der Waals surface area contributed by atoms with Gasteiger partial charge in [0.05, 0.1) is 44.0 Å². The van der Waals surface area contributed by atoms with Crippen molar-refractivity contribution in [3.05, 3.63) is 176 Å². The Morgan fingerprint density at radius 2 is 0.948 bits per heavy atom. The number of nitrogens with zero attached hydrogens (tertiary/aromatic N) is 5. The van der Waals surface area contributed by atoms with Gasteiger partial charge >= 0.3 is 0 Å². The smallest absolute Gasteiger partial charge is 0.238 e. The Hall–Kier alpha value is -7.54. The van der Waals surface area contributed by atoms with E-state index in [0.29, 0.717) is 5.95 Å². The van der Waals surface area contributed by atoms with Crippen molar-refractivity contribution in [2.24, 2.45) is 0 Å². The van der Waals surface area contributed by atoms with Crippen molar-refractivity contribution < 1.29 is 0 Å². The average molecular weight is 756 g/mol. The number of para-hydroxylation sites is 4. The molecule has 0 spiro atoms. The molecule has 58 heavy (non-hydrogen) atoms. The fourth-order valence-corrected chi connectivity index (χ4v) is 11.1. The lowest BCUT2D eigenvalue weighted by molar-refractivity contribution is 0.977. The van der Waals surface area contributed by atoms with Crippen molar-refractivity contribution in [3.8, 4) is 22.9 Å². The monoisotopic (exact) mass is 755 g/mol. The lowest BCUT2D eigenvalue weighted by Crippen LogP contribution is -2.06. The average Bonchev–Trinajstić information content (AvgIpc) is 4.08. The second-order valence-electron chi connectivity index (χ2n) is 15.3. The topological polar surface area (TPSA) is 40.0 Å². The van der Waals surface area contributed by atoms with Crippen molar-refractivity contribution in [3.63, 3.8) is 0 Å². The molecule has 0 bridgehead atoms. The molecule has 0 fully saturated rings. The van der Waals surface area contributed by atoms with Gasteiger partial charge in [0.1, 0.15) is 4.83 Å². The van der Waals surface area contributed by atoms with Gasteiger partial charge in [0.2, 0.25) is 5.95 Å². The largest absolute Gasteiger partial charge is 0.308 e. The second kappa shape index (κ2) is 11.1. The third-order valence-corrected chi connectivity index (χ3v) is 13.5. The van der Waals surface area contributed by atoms with Crippen molar-refractivity contribution in [1.82, 2.24) is 23.5 Å². The number of thiophene rings is 1. The van der Waals surface area contributed by atoms with Crippen LogP contribution in [-0.4, -0.2) is 23.5 Å². The fraction of sp³-hybridized carbons (Fsp3) is 0. The van der Waals surface area contributed by atoms with Gasteiger partial charge in [-0.1, -0.05) is 133 Å². The summed E-state index contributed by atoms with van der Waals surface area (Å²) in [4.78, 5) is 12.2. The summed E-state index contributed by atoms with van der Waals surface area (Å²) in [5.41, 5.74) is 10.5. The first-order valence-corrected chi connectivity index (χ1v) is 20.5. The molecule has 0 N–H and O–H groups in total. The normalized spacial score (nSPS) is 12.5. The summed E-state index contributed by atoms with van der Waals surface area (Å²) in [5, 5.41) is 12.0. The van der Waals surface area contributed by atoms with E-state index in [-0.39, 0.29) is 0 Å². The van der Waals surface area contributed by atoms with Gasteiger partial charge in [-0.05, 0) is 53.6 Å². The Bertz CT molecular complexity index is 3980. The maximum atomic E-state index is 5.71. The summed E-state index contributed by atoms with van der Waals surface area (Å²) in [5.74, 6) is 1.55. The van der Waals surface area contributed by atoms with E-state index in [4.69, 9.17) is 9.97 Å². The number of rotatable bonds is 3. The van der Waals surface area contributed by atoms with Crippen LogP contribution in [0.25, 0.3) is 125 Å². The third-order valence-electron chi connectivity index (χ3n) is 12.4. The van der Waals surface area contributed by atoms with Crippen LogP contribution in [0.4, 0.5) is 0 Å². The summed E-state index contributed by atoms with van der Waals surface area (Å²) >= 11 is 1.74. The van der Waals surface area contributed by atoms with Crippen LogP contribution in [0.1, 0.15) is 0 Å². The highest BCUT2D eigenvalue weighted by Crippen LogP contribution is 2.48. The second-order valence-corrected chi connectivity index (χ2v) is 16.4. The van der Waals surface area contributed by atoms with Crippen LogP contribution < -0.4 is 0 Å². The standard InChI is InChI=1S/C52H29N5S/c1-2-14-30(15-3-1)31-26-27-34-38-29-44-46(47-36-19-7-11-23-41(36)55(49(38)47)43(34)28-31)35-18-6-12-24-42(35)57(44)52-53-50(48-37-20-8-13-25-45(37)58-51(48)54-52)56-39-21-9-4-16-32(39)33-17-5-10-22-40(33)56/h1-29H. The minimum absolute atomic E-state index is 0.662. The highest BCUT2D eigenvalue weighted by atomic mass is 32.1. The molecule has 6 aromatic heterocycles. The summed E-state index contributed by atoms with van der Waals surface area (Å²) < 4.78 is 8.37. The van der Waals surface area contributed by atoms with Crippen LogP contribution in [0.3, 0.4) is 0 Å².